The summed E-state index contributed by atoms with van der Waals surface area (Å²) in [4.78, 5) is 15.1. The number of aromatic nitrogens is 1. The van der Waals surface area contributed by atoms with Crippen molar-refractivity contribution in [1.82, 2.24) is 4.98 Å². The standard InChI is InChI=1S/C14H13F2NO3S/c15-12(16)7-20-6-5-13-17-11(8-21-13)9-1-3-10(4-2-9)14(18)19/h1-4,8,12H,5-7H2,(H,18,19). The van der Waals surface area contributed by atoms with Gasteiger partial charge in [0.05, 0.1) is 22.9 Å². The molecule has 0 aliphatic rings. The molecule has 0 aliphatic carbocycles. The molecule has 1 aromatic heterocycles. The molecule has 1 heterocycles. The number of hydrogen-bond acceptors (Lipinski definition) is 4. The second-order valence-corrected chi connectivity index (χ2v) is 5.17. The molecule has 1 aromatic carbocycles. The Balaban J connectivity index is 1.94. The van der Waals surface area contributed by atoms with Crippen molar-refractivity contribution in [3.05, 3.63) is 40.2 Å². The van der Waals surface area contributed by atoms with Gasteiger partial charge in [-0.05, 0) is 12.1 Å². The van der Waals surface area contributed by atoms with Crippen LogP contribution in [0.4, 0.5) is 8.78 Å². The molecule has 0 radical (unpaired) electrons. The molecule has 1 N–H and O–H groups in total. The van der Waals surface area contributed by atoms with Gasteiger partial charge in [-0.1, -0.05) is 12.1 Å². The first-order chi connectivity index (χ1) is 10.1. The highest BCUT2D eigenvalue weighted by molar-refractivity contribution is 7.09. The minimum atomic E-state index is -2.45. The second kappa shape index (κ2) is 7.24. The first-order valence-electron chi connectivity index (χ1n) is 6.20. The Morgan fingerprint density at radius 1 is 1.33 bits per heavy atom. The summed E-state index contributed by atoms with van der Waals surface area (Å²) in [7, 11) is 0. The van der Waals surface area contributed by atoms with E-state index < -0.39 is 19.0 Å². The van der Waals surface area contributed by atoms with Crippen molar-refractivity contribution in [3.8, 4) is 11.3 Å². The summed E-state index contributed by atoms with van der Waals surface area (Å²) in [6, 6.07) is 6.41. The Kier molecular flexibility index (Phi) is 5.35. The van der Waals surface area contributed by atoms with Crippen LogP contribution in [0.15, 0.2) is 29.6 Å². The lowest BCUT2D eigenvalue weighted by Gasteiger charge is -2.01. The van der Waals surface area contributed by atoms with Gasteiger partial charge in [0, 0.05) is 17.4 Å². The SMILES string of the molecule is O=C(O)c1ccc(-c2csc(CCOCC(F)F)n2)cc1. The molecule has 0 fully saturated rings. The van der Waals surface area contributed by atoms with Crippen molar-refractivity contribution in [3.63, 3.8) is 0 Å². The Morgan fingerprint density at radius 2 is 2.05 bits per heavy atom. The summed E-state index contributed by atoms with van der Waals surface area (Å²) in [5.74, 6) is -0.975. The van der Waals surface area contributed by atoms with Gasteiger partial charge in [0.2, 0.25) is 0 Å². The van der Waals surface area contributed by atoms with Crippen molar-refractivity contribution in [2.75, 3.05) is 13.2 Å². The fourth-order valence-corrected chi connectivity index (χ4v) is 2.46. The largest absolute Gasteiger partial charge is 0.478 e. The van der Waals surface area contributed by atoms with Crippen molar-refractivity contribution in [2.24, 2.45) is 0 Å². The molecule has 0 saturated carbocycles. The van der Waals surface area contributed by atoms with E-state index >= 15 is 0 Å². The number of carboxylic acids is 1. The average Bonchev–Trinajstić information content (AvgIpc) is 2.92. The summed E-state index contributed by atoms with van der Waals surface area (Å²) < 4.78 is 28.6. The molecule has 0 unspecified atom stereocenters. The molecule has 2 aromatic rings. The summed E-state index contributed by atoms with van der Waals surface area (Å²) in [6.45, 7) is -0.357. The number of thiazole rings is 1. The molecule has 0 aliphatic heterocycles. The van der Waals surface area contributed by atoms with Crippen molar-refractivity contribution >= 4 is 17.3 Å². The molecule has 7 heteroatoms. The van der Waals surface area contributed by atoms with E-state index in [4.69, 9.17) is 9.84 Å². The lowest BCUT2D eigenvalue weighted by atomic mass is 10.1. The normalized spacial score (nSPS) is 11.0. The van der Waals surface area contributed by atoms with E-state index in [2.05, 4.69) is 4.98 Å². The summed E-state index contributed by atoms with van der Waals surface area (Å²) in [6.07, 6.45) is -1.98. The minimum absolute atomic E-state index is 0.204. The Bertz CT molecular complexity index is 599. The molecular formula is C14H13F2NO3S. The number of benzene rings is 1. The first kappa shape index (κ1) is 15.5. The van der Waals surface area contributed by atoms with Crippen LogP contribution in [0, 0.1) is 0 Å². The predicted octanol–water partition coefficient (Wildman–Crippen LogP) is 3.33. The molecular weight excluding hydrogens is 300 g/mol. The van der Waals surface area contributed by atoms with Crippen LogP contribution in [-0.4, -0.2) is 35.7 Å². The molecule has 112 valence electrons. The van der Waals surface area contributed by atoms with Gasteiger partial charge < -0.3 is 9.84 Å². The topological polar surface area (TPSA) is 59.4 Å². The van der Waals surface area contributed by atoms with Gasteiger partial charge in [0.1, 0.15) is 6.61 Å². The van der Waals surface area contributed by atoms with Gasteiger partial charge in [-0.15, -0.1) is 11.3 Å². The highest BCUT2D eigenvalue weighted by Gasteiger charge is 2.07. The average molecular weight is 313 g/mol. The number of aromatic carboxylic acids is 1. The van der Waals surface area contributed by atoms with Crippen molar-refractivity contribution < 1.29 is 23.4 Å². The number of alkyl halides is 2. The Hall–Kier alpha value is -1.86. The summed E-state index contributed by atoms with van der Waals surface area (Å²) in [5, 5.41) is 11.5. The Labute approximate surface area is 124 Å². The van der Waals surface area contributed by atoms with Crippen LogP contribution in [0.2, 0.25) is 0 Å². The van der Waals surface area contributed by atoms with Crippen LogP contribution in [0.3, 0.4) is 0 Å². The fraction of sp³-hybridized carbons (Fsp3) is 0.286. The van der Waals surface area contributed by atoms with Gasteiger partial charge in [0.25, 0.3) is 6.43 Å². The second-order valence-electron chi connectivity index (χ2n) is 4.22. The fourth-order valence-electron chi connectivity index (χ4n) is 1.67. The van der Waals surface area contributed by atoms with E-state index in [1.807, 2.05) is 5.38 Å². The summed E-state index contributed by atoms with van der Waals surface area (Å²) in [5.41, 5.74) is 1.77. The van der Waals surface area contributed by atoms with E-state index in [-0.39, 0.29) is 12.2 Å². The number of nitrogens with zero attached hydrogens (tertiary/aromatic N) is 1. The summed E-state index contributed by atoms with van der Waals surface area (Å²) >= 11 is 1.42. The number of ether oxygens (including phenoxy) is 1. The molecule has 4 nitrogen and oxygen atoms in total. The number of halogens is 2. The van der Waals surface area contributed by atoms with Crippen molar-refractivity contribution in [2.45, 2.75) is 12.8 Å². The predicted molar refractivity (Wildman–Crippen MR) is 75.0 cm³/mol. The van der Waals surface area contributed by atoms with Gasteiger partial charge in [0.15, 0.2) is 0 Å². The Morgan fingerprint density at radius 3 is 2.67 bits per heavy atom. The third-order valence-corrected chi connectivity index (χ3v) is 3.59. The van der Waals surface area contributed by atoms with Crippen LogP contribution < -0.4 is 0 Å². The van der Waals surface area contributed by atoms with E-state index in [0.29, 0.717) is 6.42 Å². The maximum absolute atomic E-state index is 11.9. The van der Waals surface area contributed by atoms with E-state index in [0.717, 1.165) is 16.3 Å². The number of rotatable bonds is 7. The molecule has 2 rings (SSSR count). The highest BCUT2D eigenvalue weighted by Crippen LogP contribution is 2.22. The first-order valence-corrected chi connectivity index (χ1v) is 7.08. The van der Waals surface area contributed by atoms with Gasteiger partial charge in [-0.2, -0.15) is 0 Å². The van der Waals surface area contributed by atoms with Crippen LogP contribution in [0.1, 0.15) is 15.4 Å². The molecule has 0 amide bonds. The van der Waals surface area contributed by atoms with Crippen LogP contribution >= 0.6 is 11.3 Å². The minimum Gasteiger partial charge on any atom is -0.478 e. The van der Waals surface area contributed by atoms with Crippen LogP contribution in [0.25, 0.3) is 11.3 Å². The van der Waals surface area contributed by atoms with E-state index in [9.17, 15) is 13.6 Å². The van der Waals surface area contributed by atoms with Gasteiger partial charge in [-0.25, -0.2) is 18.6 Å². The lowest BCUT2D eigenvalue weighted by Crippen LogP contribution is -2.06. The maximum Gasteiger partial charge on any atom is 0.335 e. The van der Waals surface area contributed by atoms with Crippen LogP contribution in [0.5, 0.6) is 0 Å². The number of hydrogen-bond donors (Lipinski definition) is 1. The van der Waals surface area contributed by atoms with E-state index in [1.165, 1.54) is 23.5 Å². The molecule has 0 atom stereocenters. The number of carboxylic acid groups (broad SMARTS) is 1. The third kappa shape index (κ3) is 4.57. The lowest BCUT2D eigenvalue weighted by molar-refractivity contribution is 0.0187. The van der Waals surface area contributed by atoms with Gasteiger partial charge in [-0.3, -0.25) is 0 Å². The smallest absolute Gasteiger partial charge is 0.335 e. The number of carbonyl (C=O) groups is 1. The van der Waals surface area contributed by atoms with Crippen LogP contribution in [-0.2, 0) is 11.2 Å². The maximum atomic E-state index is 11.9. The molecule has 21 heavy (non-hydrogen) atoms. The molecule has 0 saturated heterocycles. The molecule has 0 bridgehead atoms. The monoisotopic (exact) mass is 313 g/mol. The molecule has 0 spiro atoms. The third-order valence-electron chi connectivity index (χ3n) is 2.68. The van der Waals surface area contributed by atoms with Crippen molar-refractivity contribution in [1.29, 1.82) is 0 Å². The highest BCUT2D eigenvalue weighted by atomic mass is 32.1. The van der Waals surface area contributed by atoms with E-state index in [1.54, 1.807) is 12.1 Å². The quantitative estimate of drug-likeness (QED) is 0.797. The van der Waals surface area contributed by atoms with Gasteiger partial charge >= 0.3 is 5.97 Å². The zero-order valence-electron chi connectivity index (χ0n) is 11.0. The zero-order valence-corrected chi connectivity index (χ0v) is 11.8. The zero-order chi connectivity index (χ0) is 15.2.